The zero-order valence-corrected chi connectivity index (χ0v) is 17.1. The van der Waals surface area contributed by atoms with Gasteiger partial charge in [0.15, 0.2) is 5.82 Å². The van der Waals surface area contributed by atoms with Crippen LogP contribution in [0.15, 0.2) is 29.3 Å². The van der Waals surface area contributed by atoms with Crippen LogP contribution in [0.3, 0.4) is 0 Å². The zero-order valence-electron chi connectivity index (χ0n) is 16.3. The lowest BCUT2D eigenvalue weighted by molar-refractivity contribution is 0.499. The lowest BCUT2D eigenvalue weighted by atomic mass is 9.94. The molecule has 7 nitrogen and oxygen atoms in total. The number of hydrogen-bond donors (Lipinski definition) is 1. The molecule has 0 spiro atoms. The second kappa shape index (κ2) is 7.03. The fourth-order valence-corrected chi connectivity index (χ4v) is 5.62. The molecule has 1 atom stereocenters. The first-order valence-corrected chi connectivity index (χ1v) is 10.7. The van der Waals surface area contributed by atoms with E-state index in [1.54, 1.807) is 27.1 Å². The van der Waals surface area contributed by atoms with Crippen LogP contribution in [0, 0.1) is 25.5 Å². The normalized spacial score (nSPS) is 16.8. The molecule has 0 bridgehead atoms. The highest BCUT2D eigenvalue weighted by Gasteiger charge is 2.32. The van der Waals surface area contributed by atoms with Crippen LogP contribution in [0.4, 0.5) is 8.78 Å². The smallest absolute Gasteiger partial charge is 0.244 e. The van der Waals surface area contributed by atoms with Crippen molar-refractivity contribution in [3.63, 3.8) is 0 Å². The molecule has 1 aliphatic rings. The number of aryl methyl sites for hydroxylation is 2. The molecule has 1 N–H and O–H groups in total. The summed E-state index contributed by atoms with van der Waals surface area (Å²) < 4.78 is 59.3. The van der Waals surface area contributed by atoms with E-state index in [1.165, 1.54) is 21.5 Å². The second-order valence-electron chi connectivity index (χ2n) is 7.24. The van der Waals surface area contributed by atoms with Crippen LogP contribution in [0.25, 0.3) is 5.69 Å². The lowest BCUT2D eigenvalue weighted by Gasteiger charge is -2.24. The van der Waals surface area contributed by atoms with Crippen LogP contribution in [-0.4, -0.2) is 28.0 Å². The van der Waals surface area contributed by atoms with Gasteiger partial charge >= 0.3 is 0 Å². The van der Waals surface area contributed by atoms with E-state index in [2.05, 4.69) is 14.9 Å². The highest BCUT2D eigenvalue weighted by atomic mass is 32.2. The molecule has 29 heavy (non-hydrogen) atoms. The van der Waals surface area contributed by atoms with Crippen molar-refractivity contribution in [3.05, 3.63) is 58.7 Å². The predicted octanol–water partition coefficient (Wildman–Crippen LogP) is 2.86. The van der Waals surface area contributed by atoms with Gasteiger partial charge < -0.3 is 0 Å². The zero-order chi connectivity index (χ0) is 20.9. The molecule has 2 heterocycles. The van der Waals surface area contributed by atoms with Crippen molar-refractivity contribution in [1.82, 2.24) is 24.3 Å². The van der Waals surface area contributed by atoms with E-state index < -0.39 is 27.7 Å². The van der Waals surface area contributed by atoms with Crippen LogP contribution in [-0.2, 0) is 23.5 Å². The summed E-state index contributed by atoms with van der Waals surface area (Å²) in [7, 11) is -2.11. The first-order chi connectivity index (χ1) is 13.7. The molecule has 0 saturated heterocycles. The number of rotatable bonds is 4. The number of aromatic nitrogens is 4. The van der Waals surface area contributed by atoms with E-state index in [0.717, 1.165) is 6.07 Å². The van der Waals surface area contributed by atoms with Crippen molar-refractivity contribution >= 4 is 10.0 Å². The molecule has 4 rings (SSSR count). The molecule has 0 amide bonds. The summed E-state index contributed by atoms with van der Waals surface area (Å²) in [5.74, 6) is -1.39. The monoisotopic (exact) mass is 421 g/mol. The molecule has 0 unspecified atom stereocenters. The van der Waals surface area contributed by atoms with Crippen molar-refractivity contribution < 1.29 is 17.2 Å². The fourth-order valence-electron chi connectivity index (χ4n) is 3.93. The molecule has 1 aliphatic carbocycles. The van der Waals surface area contributed by atoms with Crippen LogP contribution in [0.5, 0.6) is 0 Å². The van der Waals surface area contributed by atoms with E-state index in [0.29, 0.717) is 41.9 Å². The van der Waals surface area contributed by atoms with Crippen LogP contribution in [0.2, 0.25) is 0 Å². The third-order valence-corrected chi connectivity index (χ3v) is 7.05. The van der Waals surface area contributed by atoms with E-state index in [4.69, 9.17) is 0 Å². The number of fused-ring (bicyclic) bond motifs is 1. The maximum absolute atomic E-state index is 14.2. The Hall–Kier alpha value is -2.59. The number of hydrogen-bond acceptors (Lipinski definition) is 4. The summed E-state index contributed by atoms with van der Waals surface area (Å²) in [6.07, 6.45) is 3.48. The third-order valence-electron chi connectivity index (χ3n) is 5.33. The molecule has 0 saturated carbocycles. The summed E-state index contributed by atoms with van der Waals surface area (Å²) in [6.45, 7) is 3.36. The Morgan fingerprint density at radius 2 is 2.00 bits per heavy atom. The highest BCUT2D eigenvalue weighted by molar-refractivity contribution is 7.89. The van der Waals surface area contributed by atoms with Gasteiger partial charge in [-0.25, -0.2) is 26.6 Å². The Labute approximate surface area is 167 Å². The van der Waals surface area contributed by atoms with E-state index in [1.807, 2.05) is 0 Å². The Kier molecular flexibility index (Phi) is 4.78. The Morgan fingerprint density at radius 3 is 2.66 bits per heavy atom. The maximum atomic E-state index is 14.2. The third kappa shape index (κ3) is 3.36. The van der Waals surface area contributed by atoms with Crippen molar-refractivity contribution in [2.24, 2.45) is 7.05 Å². The first kappa shape index (κ1) is 19.7. The molecule has 0 fully saturated rings. The summed E-state index contributed by atoms with van der Waals surface area (Å²) in [6, 6.07) is 2.82. The number of nitrogens with one attached hydrogen (secondary N) is 1. The largest absolute Gasteiger partial charge is 0.271 e. The van der Waals surface area contributed by atoms with Gasteiger partial charge in [-0.1, -0.05) is 0 Å². The lowest BCUT2D eigenvalue weighted by Crippen LogP contribution is -2.31. The molecular weight excluding hydrogens is 400 g/mol. The molecule has 2 aromatic heterocycles. The molecule has 3 aromatic rings. The maximum Gasteiger partial charge on any atom is 0.244 e. The molecule has 10 heteroatoms. The van der Waals surface area contributed by atoms with Gasteiger partial charge in [0.05, 0.1) is 23.6 Å². The summed E-state index contributed by atoms with van der Waals surface area (Å²) in [4.78, 5) is 0.170. The number of halogens is 2. The quantitative estimate of drug-likeness (QED) is 0.702. The van der Waals surface area contributed by atoms with Crippen molar-refractivity contribution in [2.75, 3.05) is 0 Å². The first-order valence-electron chi connectivity index (χ1n) is 9.24. The van der Waals surface area contributed by atoms with Gasteiger partial charge in [-0.05, 0) is 45.2 Å². The number of nitrogens with zero attached hydrogens (tertiary/aromatic N) is 4. The van der Waals surface area contributed by atoms with Gasteiger partial charge in [-0.3, -0.25) is 4.68 Å². The standard InChI is InChI=1S/C19H21F2N5O2S/c1-11-19(12(2)25(3)23-11)29(27,28)24-16-5-4-6-17-14(16)10-22-26(17)18-8-7-13(20)9-15(18)21/h7-10,16,24H,4-6H2,1-3H3/t16-/m0/s1. The van der Waals surface area contributed by atoms with Crippen molar-refractivity contribution in [1.29, 1.82) is 0 Å². The molecule has 0 radical (unpaired) electrons. The van der Waals surface area contributed by atoms with Gasteiger partial charge in [0.25, 0.3) is 0 Å². The van der Waals surface area contributed by atoms with Crippen LogP contribution < -0.4 is 4.72 Å². The van der Waals surface area contributed by atoms with Crippen molar-refractivity contribution in [3.8, 4) is 5.69 Å². The SMILES string of the molecule is Cc1nn(C)c(C)c1S(=O)(=O)N[C@H]1CCCc2c1cnn2-c1ccc(F)cc1F. The summed E-state index contributed by atoms with van der Waals surface area (Å²) in [5.41, 5.74) is 2.53. The van der Waals surface area contributed by atoms with Gasteiger partial charge in [0.1, 0.15) is 16.4 Å². The Morgan fingerprint density at radius 1 is 1.24 bits per heavy atom. The number of sulfonamides is 1. The predicted molar refractivity (Wildman–Crippen MR) is 102 cm³/mol. The Balaban J connectivity index is 1.70. The average Bonchev–Trinajstić information content (AvgIpc) is 3.16. The van der Waals surface area contributed by atoms with Gasteiger partial charge in [0, 0.05) is 24.4 Å². The fraction of sp³-hybridized carbons (Fsp3) is 0.368. The number of benzene rings is 1. The highest BCUT2D eigenvalue weighted by Crippen LogP contribution is 2.33. The summed E-state index contributed by atoms with van der Waals surface area (Å²) >= 11 is 0. The molecule has 0 aliphatic heterocycles. The minimum Gasteiger partial charge on any atom is -0.271 e. The van der Waals surface area contributed by atoms with Crippen LogP contribution in [0.1, 0.15) is 41.5 Å². The van der Waals surface area contributed by atoms with E-state index in [9.17, 15) is 17.2 Å². The van der Waals surface area contributed by atoms with E-state index >= 15 is 0 Å². The summed E-state index contributed by atoms with van der Waals surface area (Å²) in [5, 5.41) is 8.44. The average molecular weight is 421 g/mol. The minimum absolute atomic E-state index is 0.134. The second-order valence-corrected chi connectivity index (χ2v) is 8.89. The van der Waals surface area contributed by atoms with Crippen LogP contribution >= 0.6 is 0 Å². The van der Waals surface area contributed by atoms with Gasteiger partial charge in [-0.2, -0.15) is 10.2 Å². The van der Waals surface area contributed by atoms with Gasteiger partial charge in [-0.15, -0.1) is 0 Å². The molecular formula is C19H21F2N5O2S. The van der Waals surface area contributed by atoms with E-state index in [-0.39, 0.29) is 10.6 Å². The molecule has 1 aromatic carbocycles. The van der Waals surface area contributed by atoms with Crippen molar-refractivity contribution in [2.45, 2.75) is 44.0 Å². The topological polar surface area (TPSA) is 81.8 Å². The molecule has 154 valence electrons. The Bertz CT molecular complexity index is 1200. The van der Waals surface area contributed by atoms with Gasteiger partial charge in [0.2, 0.25) is 10.0 Å². The minimum atomic E-state index is -3.81.